The zero-order chi connectivity index (χ0) is 20.9. The van der Waals surface area contributed by atoms with Gasteiger partial charge in [0.25, 0.3) is 5.91 Å². The van der Waals surface area contributed by atoms with Crippen molar-refractivity contribution in [1.82, 2.24) is 10.3 Å². The minimum Gasteiger partial charge on any atom is -0.497 e. The number of amides is 1. The van der Waals surface area contributed by atoms with Gasteiger partial charge in [0.2, 0.25) is 0 Å². The third-order valence-electron chi connectivity index (χ3n) is 5.19. The van der Waals surface area contributed by atoms with Crippen LogP contribution in [0.25, 0.3) is 11.1 Å². The predicted octanol–water partition coefficient (Wildman–Crippen LogP) is 3.54. The fourth-order valence-corrected chi connectivity index (χ4v) is 3.55. The zero-order valence-corrected chi connectivity index (χ0v) is 16.7. The van der Waals surface area contributed by atoms with Gasteiger partial charge >= 0.3 is 0 Å². The van der Waals surface area contributed by atoms with Gasteiger partial charge in [-0.2, -0.15) is 0 Å². The van der Waals surface area contributed by atoms with Crippen LogP contribution in [0.4, 0.5) is 0 Å². The number of methoxy groups -OCH3 is 1. The van der Waals surface area contributed by atoms with Crippen LogP contribution >= 0.6 is 0 Å². The van der Waals surface area contributed by atoms with E-state index >= 15 is 0 Å². The molecule has 2 aromatic carbocycles. The third kappa shape index (κ3) is 4.23. The molecule has 0 radical (unpaired) electrons. The number of fused-ring (bicyclic) bond motifs is 1. The summed E-state index contributed by atoms with van der Waals surface area (Å²) >= 11 is 0. The number of nitrogens with one attached hydrogen (secondary N) is 1. The van der Waals surface area contributed by atoms with Gasteiger partial charge in [-0.15, -0.1) is 0 Å². The molecule has 2 N–H and O–H groups in total. The van der Waals surface area contributed by atoms with Crippen molar-refractivity contribution in [2.75, 3.05) is 13.7 Å². The first-order chi connectivity index (χ1) is 14.7. The number of carbonyl (C=O) groups is 1. The summed E-state index contributed by atoms with van der Waals surface area (Å²) in [7, 11) is 1.60. The maximum Gasteiger partial charge on any atom is 0.253 e. The van der Waals surface area contributed by atoms with Gasteiger partial charge in [-0.05, 0) is 52.9 Å². The van der Waals surface area contributed by atoms with Crippen LogP contribution in [0.5, 0.6) is 5.75 Å². The lowest BCUT2D eigenvalue weighted by molar-refractivity contribution is 0.0929. The standard InChI is InChI=1S/C24H23N3O3/c1-30-22-4-2-3-17(11-22)23(7-8-28)27-24(29)21-10-19(13-26-15-21)16-5-6-18-12-25-14-20(18)9-16/h2-6,9-11,13-15,23,28H,7-8,12H2,1H3,(H,27,29). The van der Waals surface area contributed by atoms with E-state index in [1.807, 2.05) is 42.6 Å². The number of benzene rings is 2. The van der Waals surface area contributed by atoms with Crippen LogP contribution in [-0.4, -0.2) is 35.9 Å². The van der Waals surface area contributed by atoms with Gasteiger partial charge in [-0.3, -0.25) is 14.8 Å². The Hall–Kier alpha value is -3.51. The lowest BCUT2D eigenvalue weighted by Gasteiger charge is -2.19. The molecule has 0 saturated heterocycles. The summed E-state index contributed by atoms with van der Waals surface area (Å²) in [4.78, 5) is 21.5. The lowest BCUT2D eigenvalue weighted by atomic mass is 10.00. The number of aliphatic hydroxyl groups excluding tert-OH is 1. The summed E-state index contributed by atoms with van der Waals surface area (Å²) in [6.45, 7) is 0.671. The highest BCUT2D eigenvalue weighted by Crippen LogP contribution is 2.26. The van der Waals surface area contributed by atoms with E-state index in [2.05, 4.69) is 27.4 Å². The number of rotatable bonds is 7. The van der Waals surface area contributed by atoms with Gasteiger partial charge in [0.1, 0.15) is 5.75 Å². The summed E-state index contributed by atoms with van der Waals surface area (Å²) in [5.41, 5.74) is 5.50. The molecule has 1 aliphatic rings. The van der Waals surface area contributed by atoms with Crippen molar-refractivity contribution in [3.63, 3.8) is 0 Å². The van der Waals surface area contributed by atoms with E-state index in [0.717, 1.165) is 22.3 Å². The van der Waals surface area contributed by atoms with Gasteiger partial charge in [0.05, 0.1) is 25.3 Å². The first-order valence-corrected chi connectivity index (χ1v) is 9.82. The second kappa shape index (κ2) is 8.88. The molecule has 0 fully saturated rings. The molecular weight excluding hydrogens is 378 g/mol. The van der Waals surface area contributed by atoms with Crippen molar-refractivity contribution < 1.29 is 14.6 Å². The van der Waals surface area contributed by atoms with Crippen LogP contribution in [0.1, 0.15) is 39.5 Å². The third-order valence-corrected chi connectivity index (χ3v) is 5.19. The quantitative estimate of drug-likeness (QED) is 0.634. The average Bonchev–Trinajstić information content (AvgIpc) is 3.27. The van der Waals surface area contributed by atoms with Crippen molar-refractivity contribution in [3.05, 3.63) is 83.2 Å². The van der Waals surface area contributed by atoms with Crippen LogP contribution < -0.4 is 10.1 Å². The SMILES string of the molecule is COc1cccc(C(CCO)NC(=O)c2cncc(-c3ccc4c(c3)C=NC4)c2)c1. The van der Waals surface area contributed by atoms with Crippen LogP contribution in [0, 0.1) is 0 Å². The number of carbonyl (C=O) groups excluding carboxylic acids is 1. The van der Waals surface area contributed by atoms with E-state index in [-0.39, 0.29) is 18.6 Å². The van der Waals surface area contributed by atoms with E-state index < -0.39 is 0 Å². The molecule has 1 aromatic heterocycles. The Morgan fingerprint density at radius 1 is 1.17 bits per heavy atom. The smallest absolute Gasteiger partial charge is 0.253 e. The Morgan fingerprint density at radius 3 is 2.90 bits per heavy atom. The van der Waals surface area contributed by atoms with E-state index in [0.29, 0.717) is 24.3 Å². The topological polar surface area (TPSA) is 83.8 Å². The minimum absolute atomic E-state index is 0.0445. The monoisotopic (exact) mass is 401 g/mol. The average molecular weight is 401 g/mol. The molecule has 6 nitrogen and oxygen atoms in total. The number of hydrogen-bond acceptors (Lipinski definition) is 5. The highest BCUT2D eigenvalue weighted by atomic mass is 16.5. The van der Waals surface area contributed by atoms with Crippen LogP contribution in [-0.2, 0) is 6.54 Å². The first kappa shape index (κ1) is 19.8. The van der Waals surface area contributed by atoms with Gasteiger partial charge in [-0.1, -0.05) is 24.3 Å². The fourth-order valence-electron chi connectivity index (χ4n) is 3.55. The van der Waals surface area contributed by atoms with Crippen LogP contribution in [0.2, 0.25) is 0 Å². The molecule has 4 rings (SSSR count). The molecule has 1 atom stereocenters. The van der Waals surface area contributed by atoms with E-state index in [4.69, 9.17) is 4.74 Å². The normalized spacial score (nSPS) is 13.0. The molecule has 1 unspecified atom stereocenters. The van der Waals surface area contributed by atoms with Crippen LogP contribution in [0.3, 0.4) is 0 Å². The molecule has 1 aliphatic heterocycles. The van der Waals surface area contributed by atoms with E-state index in [1.54, 1.807) is 19.5 Å². The van der Waals surface area contributed by atoms with Crippen molar-refractivity contribution in [2.45, 2.75) is 19.0 Å². The fraction of sp³-hybridized carbons (Fsp3) is 0.208. The van der Waals surface area contributed by atoms with Crippen LogP contribution in [0.15, 0.2) is 65.9 Å². The molecule has 1 amide bonds. The summed E-state index contributed by atoms with van der Waals surface area (Å²) < 4.78 is 5.27. The van der Waals surface area contributed by atoms with Crippen molar-refractivity contribution >= 4 is 12.1 Å². The Morgan fingerprint density at radius 2 is 2.07 bits per heavy atom. The summed E-state index contributed by atoms with van der Waals surface area (Å²) in [6, 6.07) is 15.1. The van der Waals surface area contributed by atoms with E-state index in [1.165, 1.54) is 5.56 Å². The number of nitrogens with zero attached hydrogens (tertiary/aromatic N) is 2. The second-order valence-electron chi connectivity index (χ2n) is 7.16. The molecule has 6 heteroatoms. The van der Waals surface area contributed by atoms with Crippen molar-refractivity contribution in [3.8, 4) is 16.9 Å². The molecule has 0 bridgehead atoms. The molecule has 2 heterocycles. The zero-order valence-electron chi connectivity index (χ0n) is 16.7. The number of ether oxygens (including phenoxy) is 1. The molecule has 0 spiro atoms. The van der Waals surface area contributed by atoms with Gasteiger partial charge in [0.15, 0.2) is 0 Å². The van der Waals surface area contributed by atoms with Gasteiger partial charge < -0.3 is 15.2 Å². The number of pyridine rings is 1. The highest BCUT2D eigenvalue weighted by molar-refractivity contribution is 5.95. The van der Waals surface area contributed by atoms with Gasteiger partial charge in [-0.25, -0.2) is 0 Å². The number of aromatic nitrogens is 1. The molecule has 3 aromatic rings. The molecule has 0 aliphatic carbocycles. The second-order valence-corrected chi connectivity index (χ2v) is 7.16. The Kier molecular flexibility index (Phi) is 5.86. The molecule has 152 valence electrons. The van der Waals surface area contributed by atoms with E-state index in [9.17, 15) is 9.90 Å². The number of aliphatic imine (C=N–C) groups is 1. The molecule has 30 heavy (non-hydrogen) atoms. The Bertz CT molecular complexity index is 1090. The minimum atomic E-state index is -0.336. The summed E-state index contributed by atoms with van der Waals surface area (Å²) in [5.74, 6) is 0.460. The summed E-state index contributed by atoms with van der Waals surface area (Å²) in [5, 5.41) is 12.5. The summed E-state index contributed by atoms with van der Waals surface area (Å²) in [6.07, 6.45) is 5.57. The molecule has 0 saturated carbocycles. The maximum absolute atomic E-state index is 12.9. The van der Waals surface area contributed by atoms with Gasteiger partial charge in [0, 0.05) is 30.8 Å². The van der Waals surface area contributed by atoms with Crippen molar-refractivity contribution in [2.24, 2.45) is 4.99 Å². The molecular formula is C24H23N3O3. The number of aliphatic hydroxyl groups is 1. The first-order valence-electron chi connectivity index (χ1n) is 9.82. The Labute approximate surface area is 175 Å². The Balaban J connectivity index is 1.56. The number of hydrogen-bond donors (Lipinski definition) is 2. The lowest BCUT2D eigenvalue weighted by Crippen LogP contribution is -2.29. The highest BCUT2D eigenvalue weighted by Gasteiger charge is 2.17. The predicted molar refractivity (Wildman–Crippen MR) is 116 cm³/mol. The largest absolute Gasteiger partial charge is 0.497 e. The maximum atomic E-state index is 12.9. The van der Waals surface area contributed by atoms with Crippen molar-refractivity contribution in [1.29, 1.82) is 0 Å².